The molecule has 0 fully saturated rings. The quantitative estimate of drug-likeness (QED) is 0.678. The van der Waals surface area contributed by atoms with Gasteiger partial charge in [0.15, 0.2) is 10.9 Å². The van der Waals surface area contributed by atoms with E-state index in [-0.39, 0.29) is 5.78 Å². The Labute approximate surface area is 120 Å². The van der Waals surface area contributed by atoms with Gasteiger partial charge >= 0.3 is 0 Å². The molecule has 3 rings (SSSR count). The van der Waals surface area contributed by atoms with Gasteiger partial charge in [0, 0.05) is 0 Å². The Bertz CT molecular complexity index is 726. The third-order valence-electron chi connectivity index (χ3n) is 3.05. The van der Waals surface area contributed by atoms with E-state index in [1.165, 1.54) is 11.9 Å². The minimum Gasteiger partial charge on any atom is -0.331 e. The lowest BCUT2D eigenvalue weighted by atomic mass is 9.98. The molecule has 0 spiro atoms. The summed E-state index contributed by atoms with van der Waals surface area (Å²) in [7, 11) is 0. The number of para-hydroxylation sites is 2. The van der Waals surface area contributed by atoms with Crippen molar-refractivity contribution in [3.8, 4) is 0 Å². The minimum absolute atomic E-state index is 0.0812. The van der Waals surface area contributed by atoms with Gasteiger partial charge in [-0.05, 0) is 49.3 Å². The van der Waals surface area contributed by atoms with Gasteiger partial charge in [0.1, 0.15) is 0 Å². The number of imidazole rings is 1. The highest BCUT2D eigenvalue weighted by atomic mass is 32.2. The number of aromatic nitrogens is 2. The molecule has 1 aliphatic carbocycles. The van der Waals surface area contributed by atoms with E-state index in [1.807, 2.05) is 24.3 Å². The van der Waals surface area contributed by atoms with E-state index in [1.54, 1.807) is 26.0 Å². The van der Waals surface area contributed by atoms with Crippen LogP contribution in [0.5, 0.6) is 0 Å². The van der Waals surface area contributed by atoms with Crippen molar-refractivity contribution in [2.24, 2.45) is 4.40 Å². The van der Waals surface area contributed by atoms with Gasteiger partial charge < -0.3 is 4.98 Å². The number of hydrogen-bond donors (Lipinski definition) is 1. The van der Waals surface area contributed by atoms with Crippen molar-refractivity contribution in [3.63, 3.8) is 0 Å². The molecule has 0 saturated heterocycles. The van der Waals surface area contributed by atoms with Crippen LogP contribution >= 0.6 is 11.9 Å². The summed E-state index contributed by atoms with van der Waals surface area (Å²) >= 11 is 1.28. The molecule has 0 amide bonds. The molecule has 5 heteroatoms. The van der Waals surface area contributed by atoms with E-state index in [0.29, 0.717) is 11.1 Å². The van der Waals surface area contributed by atoms with Gasteiger partial charge in [0.05, 0.1) is 28.7 Å². The summed E-state index contributed by atoms with van der Waals surface area (Å²) < 4.78 is 4.42. The molecule has 20 heavy (non-hydrogen) atoms. The van der Waals surface area contributed by atoms with Crippen LogP contribution in [0, 0.1) is 0 Å². The zero-order chi connectivity index (χ0) is 14.1. The van der Waals surface area contributed by atoms with Gasteiger partial charge in [0.2, 0.25) is 0 Å². The lowest BCUT2D eigenvalue weighted by molar-refractivity contribution is -0.112. The standard InChI is InChI=1S/C15H13N3OS/c1-9-7-11(8-10(2)14(9)19)18-20-15-16-12-5-3-4-6-13(12)17-15/h3-8H,1-2H3,(H,16,17). The first-order valence-electron chi connectivity index (χ1n) is 6.24. The summed E-state index contributed by atoms with van der Waals surface area (Å²) in [5.74, 6) is 0.0812. The number of Topliss-reactive ketones (excluding diaryl/α,β-unsaturated/α-hetero) is 1. The molecule has 0 saturated carbocycles. The van der Waals surface area contributed by atoms with Crippen LogP contribution in [0.3, 0.4) is 0 Å². The average Bonchev–Trinajstić information content (AvgIpc) is 2.85. The van der Waals surface area contributed by atoms with Crippen LogP contribution in [-0.4, -0.2) is 21.5 Å². The SMILES string of the molecule is CC1=CC(=NSc2nc3ccccc3[nH]2)C=C(C)C1=O. The van der Waals surface area contributed by atoms with Crippen LogP contribution in [0.15, 0.2) is 57.1 Å². The molecule has 0 radical (unpaired) electrons. The van der Waals surface area contributed by atoms with Gasteiger partial charge in [-0.3, -0.25) is 4.79 Å². The van der Waals surface area contributed by atoms with Crippen LogP contribution in [0.2, 0.25) is 0 Å². The van der Waals surface area contributed by atoms with Gasteiger partial charge in [-0.25, -0.2) is 9.38 Å². The van der Waals surface area contributed by atoms with Crippen molar-refractivity contribution in [2.45, 2.75) is 19.0 Å². The summed E-state index contributed by atoms with van der Waals surface area (Å²) in [6.07, 6.45) is 3.59. The molecule has 0 unspecified atom stereocenters. The van der Waals surface area contributed by atoms with Crippen LogP contribution in [0.25, 0.3) is 11.0 Å². The molecular weight excluding hydrogens is 270 g/mol. The third kappa shape index (κ3) is 2.44. The van der Waals surface area contributed by atoms with Gasteiger partial charge in [-0.15, -0.1) is 0 Å². The van der Waals surface area contributed by atoms with Gasteiger partial charge in [-0.2, -0.15) is 0 Å². The second-order valence-corrected chi connectivity index (χ2v) is 5.40. The topological polar surface area (TPSA) is 58.1 Å². The largest absolute Gasteiger partial charge is 0.331 e. The van der Waals surface area contributed by atoms with E-state index >= 15 is 0 Å². The third-order valence-corrected chi connectivity index (χ3v) is 3.72. The zero-order valence-electron chi connectivity index (χ0n) is 11.2. The Morgan fingerprint density at radius 2 is 1.85 bits per heavy atom. The predicted molar refractivity (Wildman–Crippen MR) is 81.9 cm³/mol. The molecule has 1 aromatic heterocycles. The summed E-state index contributed by atoms with van der Waals surface area (Å²) in [5, 5.41) is 0.743. The van der Waals surface area contributed by atoms with Crippen molar-refractivity contribution in [3.05, 3.63) is 47.6 Å². The Kier molecular flexibility index (Phi) is 3.28. The number of H-pyrrole nitrogens is 1. The first-order chi connectivity index (χ1) is 9.63. The van der Waals surface area contributed by atoms with Crippen LogP contribution < -0.4 is 0 Å². The Morgan fingerprint density at radius 1 is 1.15 bits per heavy atom. The molecule has 2 aromatic rings. The molecule has 0 atom stereocenters. The fourth-order valence-electron chi connectivity index (χ4n) is 2.05. The molecule has 0 bridgehead atoms. The molecule has 1 aliphatic rings. The number of carbonyl (C=O) groups excluding carboxylic acids is 1. The minimum atomic E-state index is 0.0812. The smallest absolute Gasteiger partial charge is 0.189 e. The molecular formula is C15H13N3OS. The van der Waals surface area contributed by atoms with Crippen LogP contribution in [0.4, 0.5) is 0 Å². The normalized spacial score (nSPS) is 15.3. The van der Waals surface area contributed by atoms with Crippen molar-refractivity contribution in [1.29, 1.82) is 0 Å². The second kappa shape index (κ2) is 5.09. The first kappa shape index (κ1) is 12.9. The van der Waals surface area contributed by atoms with Crippen molar-refractivity contribution >= 4 is 34.5 Å². The average molecular weight is 283 g/mol. The number of carbonyl (C=O) groups is 1. The first-order valence-corrected chi connectivity index (χ1v) is 7.02. The fourth-order valence-corrected chi connectivity index (χ4v) is 2.64. The summed E-state index contributed by atoms with van der Waals surface area (Å²) in [6.45, 7) is 3.61. The molecule has 0 aliphatic heterocycles. The Morgan fingerprint density at radius 3 is 2.55 bits per heavy atom. The number of nitrogens with zero attached hydrogens (tertiary/aromatic N) is 2. The second-order valence-electron chi connectivity index (χ2n) is 4.65. The van der Waals surface area contributed by atoms with Crippen LogP contribution in [0.1, 0.15) is 13.8 Å². The molecule has 1 heterocycles. The van der Waals surface area contributed by atoms with Crippen molar-refractivity contribution < 1.29 is 4.79 Å². The summed E-state index contributed by atoms with van der Waals surface area (Å²) in [5.41, 5.74) is 4.13. The van der Waals surface area contributed by atoms with E-state index in [9.17, 15) is 4.79 Å². The number of aromatic amines is 1. The maximum absolute atomic E-state index is 11.6. The van der Waals surface area contributed by atoms with Gasteiger partial charge in [-0.1, -0.05) is 12.1 Å². The lowest BCUT2D eigenvalue weighted by Crippen LogP contribution is -2.10. The zero-order valence-corrected chi connectivity index (χ0v) is 12.0. The Balaban J connectivity index is 1.85. The number of ketones is 1. The molecule has 100 valence electrons. The number of rotatable bonds is 2. The highest BCUT2D eigenvalue weighted by molar-refractivity contribution is 7.98. The lowest BCUT2D eigenvalue weighted by Gasteiger charge is -2.07. The monoisotopic (exact) mass is 283 g/mol. The van der Waals surface area contributed by atoms with E-state index in [4.69, 9.17) is 0 Å². The maximum atomic E-state index is 11.6. The highest BCUT2D eigenvalue weighted by Crippen LogP contribution is 2.22. The van der Waals surface area contributed by atoms with E-state index in [2.05, 4.69) is 14.4 Å². The number of nitrogens with one attached hydrogen (secondary N) is 1. The predicted octanol–water partition coefficient (Wildman–Crippen LogP) is 3.49. The Hall–Kier alpha value is -2.14. The number of hydrogen-bond acceptors (Lipinski definition) is 4. The van der Waals surface area contributed by atoms with E-state index < -0.39 is 0 Å². The van der Waals surface area contributed by atoms with Crippen molar-refractivity contribution in [1.82, 2.24) is 9.97 Å². The molecule has 1 aromatic carbocycles. The summed E-state index contributed by atoms with van der Waals surface area (Å²) in [6, 6.07) is 7.85. The summed E-state index contributed by atoms with van der Waals surface area (Å²) in [4.78, 5) is 19.3. The molecule has 4 nitrogen and oxygen atoms in total. The van der Waals surface area contributed by atoms with Crippen LogP contribution in [-0.2, 0) is 4.79 Å². The van der Waals surface area contributed by atoms with Crippen molar-refractivity contribution in [2.75, 3.05) is 0 Å². The number of allylic oxidation sites excluding steroid dienone is 4. The number of fused-ring (bicyclic) bond motifs is 1. The highest BCUT2D eigenvalue weighted by Gasteiger charge is 2.13. The maximum Gasteiger partial charge on any atom is 0.189 e. The van der Waals surface area contributed by atoms with E-state index in [0.717, 1.165) is 21.9 Å². The fraction of sp³-hybridized carbons (Fsp3) is 0.133. The number of benzene rings is 1. The van der Waals surface area contributed by atoms with Gasteiger partial charge in [0.25, 0.3) is 0 Å². The molecule has 1 N–H and O–H groups in total.